The summed E-state index contributed by atoms with van der Waals surface area (Å²) in [6.45, 7) is 4.76. The van der Waals surface area contributed by atoms with Gasteiger partial charge in [-0.2, -0.15) is 0 Å². The number of urea groups is 1. The molecule has 3 rings (SSSR count). The van der Waals surface area contributed by atoms with E-state index in [2.05, 4.69) is 37.2 Å². The number of hydrogen-bond acceptors (Lipinski definition) is 5. The Kier molecular flexibility index (Phi) is 5.96. The molecular formula is C18H24N6O2. The number of imide groups is 1. The fourth-order valence-corrected chi connectivity index (χ4v) is 3.23. The van der Waals surface area contributed by atoms with Crippen molar-refractivity contribution in [3.05, 3.63) is 42.5 Å². The zero-order valence-electron chi connectivity index (χ0n) is 14.9. The van der Waals surface area contributed by atoms with Crippen LogP contribution in [0.2, 0.25) is 0 Å². The van der Waals surface area contributed by atoms with E-state index in [1.54, 1.807) is 18.5 Å². The summed E-state index contributed by atoms with van der Waals surface area (Å²) < 4.78 is 2.07. The molecule has 3 amide bonds. The summed E-state index contributed by atoms with van der Waals surface area (Å²) in [6, 6.07) is 8.53. The molecule has 0 aliphatic carbocycles. The molecule has 1 aliphatic rings. The van der Waals surface area contributed by atoms with Crippen molar-refractivity contribution >= 4 is 17.6 Å². The van der Waals surface area contributed by atoms with E-state index >= 15 is 0 Å². The number of hydrogen-bond donors (Lipinski definition) is 2. The molecular weight excluding hydrogens is 332 g/mol. The third-order valence-electron chi connectivity index (χ3n) is 4.59. The number of rotatable bonds is 5. The van der Waals surface area contributed by atoms with Gasteiger partial charge in [0, 0.05) is 18.2 Å². The summed E-state index contributed by atoms with van der Waals surface area (Å²) in [6.07, 6.45) is 3.63. The number of aryl methyl sites for hydroxylation is 1. The summed E-state index contributed by atoms with van der Waals surface area (Å²) in [7, 11) is 0. The van der Waals surface area contributed by atoms with Gasteiger partial charge in [-0.05, 0) is 45.0 Å². The Labute approximate surface area is 152 Å². The smallest absolute Gasteiger partial charge is 0.318 e. The third-order valence-corrected chi connectivity index (χ3v) is 4.59. The lowest BCUT2D eigenvalue weighted by Crippen LogP contribution is -2.44. The number of amides is 3. The Balaban J connectivity index is 1.42. The van der Waals surface area contributed by atoms with Crippen LogP contribution in [0.25, 0.3) is 0 Å². The number of carbonyl (C=O) groups excluding carboxylic acids is 2. The van der Waals surface area contributed by atoms with Gasteiger partial charge in [-0.15, -0.1) is 10.2 Å². The lowest BCUT2D eigenvalue weighted by Gasteiger charge is -2.30. The molecule has 8 heteroatoms. The Morgan fingerprint density at radius 1 is 1.19 bits per heavy atom. The van der Waals surface area contributed by atoms with Crippen molar-refractivity contribution in [2.45, 2.75) is 32.2 Å². The molecule has 2 aromatic rings. The maximum Gasteiger partial charge on any atom is 0.325 e. The molecule has 0 saturated carbocycles. The Hall–Kier alpha value is -2.74. The molecule has 0 spiro atoms. The maximum absolute atomic E-state index is 12.1. The van der Waals surface area contributed by atoms with Crippen LogP contribution in [0.4, 0.5) is 10.5 Å². The second-order valence-corrected chi connectivity index (χ2v) is 6.39. The van der Waals surface area contributed by atoms with Crippen molar-refractivity contribution in [1.82, 2.24) is 25.0 Å². The molecule has 8 nitrogen and oxygen atoms in total. The highest BCUT2D eigenvalue weighted by atomic mass is 16.2. The van der Waals surface area contributed by atoms with Crippen molar-refractivity contribution in [3.8, 4) is 0 Å². The molecule has 1 aromatic carbocycles. The number of likely N-dealkylation sites (tertiary alicyclic amines) is 1. The van der Waals surface area contributed by atoms with Crippen LogP contribution in [-0.4, -0.2) is 51.2 Å². The quantitative estimate of drug-likeness (QED) is 0.853. The van der Waals surface area contributed by atoms with Crippen LogP contribution in [0.3, 0.4) is 0 Å². The summed E-state index contributed by atoms with van der Waals surface area (Å²) >= 11 is 0. The largest absolute Gasteiger partial charge is 0.325 e. The van der Waals surface area contributed by atoms with Crippen molar-refractivity contribution < 1.29 is 9.59 Å². The molecule has 0 radical (unpaired) electrons. The van der Waals surface area contributed by atoms with Gasteiger partial charge in [0.1, 0.15) is 12.2 Å². The SMILES string of the molecule is CCn1cnnc1C1CCN(CC(=O)NC(=O)Nc2ccccc2)CC1. The van der Waals surface area contributed by atoms with Crippen LogP contribution in [0, 0.1) is 0 Å². The number of benzene rings is 1. The number of anilines is 1. The topological polar surface area (TPSA) is 92.2 Å². The van der Waals surface area contributed by atoms with Crippen molar-refractivity contribution in [1.29, 1.82) is 0 Å². The van der Waals surface area contributed by atoms with Gasteiger partial charge in [0.05, 0.1) is 6.54 Å². The number of para-hydroxylation sites is 1. The minimum atomic E-state index is -0.507. The first-order chi connectivity index (χ1) is 12.7. The Bertz CT molecular complexity index is 737. The van der Waals surface area contributed by atoms with E-state index in [0.717, 1.165) is 38.3 Å². The molecule has 1 fully saturated rings. The van der Waals surface area contributed by atoms with E-state index in [-0.39, 0.29) is 12.5 Å². The van der Waals surface area contributed by atoms with E-state index in [9.17, 15) is 9.59 Å². The van der Waals surface area contributed by atoms with Gasteiger partial charge >= 0.3 is 6.03 Å². The summed E-state index contributed by atoms with van der Waals surface area (Å²) in [4.78, 5) is 26.0. The second-order valence-electron chi connectivity index (χ2n) is 6.39. The molecule has 1 aromatic heterocycles. The van der Waals surface area contributed by atoms with Crippen LogP contribution < -0.4 is 10.6 Å². The highest BCUT2D eigenvalue weighted by Crippen LogP contribution is 2.26. The first-order valence-corrected chi connectivity index (χ1v) is 8.91. The lowest BCUT2D eigenvalue weighted by molar-refractivity contribution is -0.121. The molecule has 1 saturated heterocycles. The van der Waals surface area contributed by atoms with E-state index in [1.165, 1.54) is 0 Å². The normalized spacial score (nSPS) is 15.6. The molecule has 0 atom stereocenters. The fraction of sp³-hybridized carbons (Fsp3) is 0.444. The second kappa shape index (κ2) is 8.57. The molecule has 0 unspecified atom stereocenters. The van der Waals surface area contributed by atoms with Gasteiger partial charge in [-0.25, -0.2) is 4.79 Å². The standard InChI is InChI=1S/C18H24N6O2/c1-2-24-13-19-22-17(24)14-8-10-23(11-9-14)12-16(25)21-18(26)20-15-6-4-3-5-7-15/h3-7,13-14H,2,8-12H2,1H3,(H2,20,21,25,26). The van der Waals surface area contributed by atoms with Gasteiger partial charge in [0.25, 0.3) is 0 Å². The zero-order valence-corrected chi connectivity index (χ0v) is 14.9. The molecule has 1 aliphatic heterocycles. The van der Waals surface area contributed by atoms with Crippen LogP contribution in [0.5, 0.6) is 0 Å². The summed E-state index contributed by atoms with van der Waals surface area (Å²) in [5, 5.41) is 13.2. The van der Waals surface area contributed by atoms with E-state index in [4.69, 9.17) is 0 Å². The first-order valence-electron chi connectivity index (χ1n) is 8.91. The van der Waals surface area contributed by atoms with Crippen LogP contribution >= 0.6 is 0 Å². The number of piperidine rings is 1. The van der Waals surface area contributed by atoms with Crippen LogP contribution in [0.15, 0.2) is 36.7 Å². The lowest BCUT2D eigenvalue weighted by atomic mass is 9.96. The highest BCUT2D eigenvalue weighted by molar-refractivity contribution is 6.01. The van der Waals surface area contributed by atoms with Crippen LogP contribution in [-0.2, 0) is 11.3 Å². The number of carbonyl (C=O) groups is 2. The van der Waals surface area contributed by atoms with Crippen molar-refractivity contribution in [3.63, 3.8) is 0 Å². The predicted molar refractivity (Wildman–Crippen MR) is 97.7 cm³/mol. The summed E-state index contributed by atoms with van der Waals surface area (Å²) in [5.74, 6) is 1.10. The van der Waals surface area contributed by atoms with Gasteiger partial charge in [-0.1, -0.05) is 18.2 Å². The number of nitrogens with zero attached hydrogens (tertiary/aromatic N) is 4. The van der Waals surface area contributed by atoms with Crippen molar-refractivity contribution in [2.75, 3.05) is 25.0 Å². The predicted octanol–water partition coefficient (Wildman–Crippen LogP) is 1.83. The van der Waals surface area contributed by atoms with Gasteiger partial charge < -0.3 is 9.88 Å². The summed E-state index contributed by atoms with van der Waals surface area (Å²) in [5.41, 5.74) is 0.652. The molecule has 0 bridgehead atoms. The third kappa shape index (κ3) is 4.66. The highest BCUT2D eigenvalue weighted by Gasteiger charge is 2.25. The molecule has 2 heterocycles. The Morgan fingerprint density at radius 3 is 2.62 bits per heavy atom. The first kappa shape index (κ1) is 18.1. The molecule has 2 N–H and O–H groups in total. The zero-order chi connectivity index (χ0) is 18.4. The number of aromatic nitrogens is 3. The average Bonchev–Trinajstić information content (AvgIpc) is 3.11. The molecule has 138 valence electrons. The van der Waals surface area contributed by atoms with E-state index in [0.29, 0.717) is 11.6 Å². The average molecular weight is 356 g/mol. The van der Waals surface area contributed by atoms with E-state index < -0.39 is 6.03 Å². The van der Waals surface area contributed by atoms with Gasteiger partial charge in [0.2, 0.25) is 5.91 Å². The minimum absolute atomic E-state index is 0.218. The number of nitrogens with one attached hydrogen (secondary N) is 2. The fourth-order valence-electron chi connectivity index (χ4n) is 3.23. The monoisotopic (exact) mass is 356 g/mol. The minimum Gasteiger partial charge on any atom is -0.318 e. The van der Waals surface area contributed by atoms with Crippen molar-refractivity contribution in [2.24, 2.45) is 0 Å². The molecule has 26 heavy (non-hydrogen) atoms. The van der Waals surface area contributed by atoms with Gasteiger partial charge in [0.15, 0.2) is 0 Å². The Morgan fingerprint density at radius 2 is 1.92 bits per heavy atom. The maximum atomic E-state index is 12.1. The van der Waals surface area contributed by atoms with Gasteiger partial charge in [-0.3, -0.25) is 15.0 Å². The van der Waals surface area contributed by atoms with E-state index in [1.807, 2.05) is 18.2 Å². The van der Waals surface area contributed by atoms with Crippen LogP contribution in [0.1, 0.15) is 31.5 Å².